The quantitative estimate of drug-likeness (QED) is 0.683. The van der Waals surface area contributed by atoms with Gasteiger partial charge < -0.3 is 5.32 Å². The van der Waals surface area contributed by atoms with Gasteiger partial charge >= 0.3 is 0 Å². The molecule has 0 saturated heterocycles. The van der Waals surface area contributed by atoms with Crippen LogP contribution in [0.3, 0.4) is 0 Å². The first-order valence-electron chi connectivity index (χ1n) is 7.60. The molecular formula is C16H20N2O3. The Morgan fingerprint density at radius 3 is 2.52 bits per heavy atom. The van der Waals surface area contributed by atoms with Crippen molar-refractivity contribution in [2.75, 3.05) is 0 Å². The van der Waals surface area contributed by atoms with Gasteiger partial charge in [-0.2, -0.15) is 0 Å². The molecule has 1 aromatic carbocycles. The predicted molar refractivity (Wildman–Crippen MR) is 79.0 cm³/mol. The van der Waals surface area contributed by atoms with E-state index in [-0.39, 0.29) is 17.6 Å². The summed E-state index contributed by atoms with van der Waals surface area (Å²) in [7, 11) is 0. The lowest BCUT2D eigenvalue weighted by Crippen LogP contribution is -2.40. The van der Waals surface area contributed by atoms with Crippen molar-refractivity contribution in [3.05, 3.63) is 39.9 Å². The topological polar surface area (TPSA) is 72.2 Å². The second-order valence-corrected chi connectivity index (χ2v) is 6.40. The number of rotatable bonds is 4. The summed E-state index contributed by atoms with van der Waals surface area (Å²) in [6, 6.07) is 5.94. The molecule has 5 nitrogen and oxygen atoms in total. The summed E-state index contributed by atoms with van der Waals surface area (Å²) in [4.78, 5) is 22.4. The van der Waals surface area contributed by atoms with Gasteiger partial charge in [0.05, 0.1) is 4.92 Å². The van der Waals surface area contributed by atoms with Gasteiger partial charge in [0.1, 0.15) is 0 Å². The van der Waals surface area contributed by atoms with Gasteiger partial charge in [0.25, 0.3) is 11.6 Å². The fourth-order valence-electron chi connectivity index (χ4n) is 4.04. The molecule has 0 radical (unpaired) electrons. The summed E-state index contributed by atoms with van der Waals surface area (Å²) in [5.41, 5.74) is 0.489. The van der Waals surface area contributed by atoms with Crippen LogP contribution in [-0.4, -0.2) is 16.9 Å². The number of nitrogens with zero attached hydrogens (tertiary/aromatic N) is 1. The summed E-state index contributed by atoms with van der Waals surface area (Å²) in [6.07, 6.45) is 5.20. The van der Waals surface area contributed by atoms with Crippen LogP contribution in [0, 0.1) is 27.9 Å². The highest BCUT2D eigenvalue weighted by Crippen LogP contribution is 2.49. The van der Waals surface area contributed by atoms with E-state index < -0.39 is 4.92 Å². The molecular weight excluding hydrogens is 268 g/mol. The molecule has 1 N–H and O–H groups in total. The van der Waals surface area contributed by atoms with Crippen LogP contribution in [0.5, 0.6) is 0 Å². The maximum atomic E-state index is 12.2. The van der Waals surface area contributed by atoms with E-state index in [0.29, 0.717) is 11.5 Å². The monoisotopic (exact) mass is 288 g/mol. The van der Waals surface area contributed by atoms with E-state index in [9.17, 15) is 14.9 Å². The van der Waals surface area contributed by atoms with E-state index >= 15 is 0 Å². The van der Waals surface area contributed by atoms with E-state index in [1.54, 1.807) is 0 Å². The zero-order valence-electron chi connectivity index (χ0n) is 12.1. The van der Waals surface area contributed by atoms with E-state index in [0.717, 1.165) is 11.8 Å². The van der Waals surface area contributed by atoms with Crippen molar-refractivity contribution in [2.45, 2.75) is 38.6 Å². The SMILES string of the molecule is C[C@@H](NC(=O)c1ccc([N+](=O)[O-])cc1)[C@H]1C[C@@H]2CC[C@@H]1C2. The lowest BCUT2D eigenvalue weighted by molar-refractivity contribution is -0.384. The first-order chi connectivity index (χ1) is 10.0. The van der Waals surface area contributed by atoms with Gasteiger partial charge in [-0.25, -0.2) is 0 Å². The molecule has 0 spiro atoms. The average Bonchev–Trinajstić information content (AvgIpc) is 3.10. The van der Waals surface area contributed by atoms with Crippen molar-refractivity contribution in [3.8, 4) is 0 Å². The molecule has 0 aliphatic heterocycles. The molecule has 0 heterocycles. The number of carbonyl (C=O) groups excluding carboxylic acids is 1. The fourth-order valence-corrected chi connectivity index (χ4v) is 4.04. The number of carbonyl (C=O) groups is 1. The minimum Gasteiger partial charge on any atom is -0.349 e. The number of benzene rings is 1. The lowest BCUT2D eigenvalue weighted by Gasteiger charge is -2.28. The van der Waals surface area contributed by atoms with Gasteiger partial charge in [0.15, 0.2) is 0 Å². The Bertz CT molecular complexity index is 555. The van der Waals surface area contributed by atoms with Crippen molar-refractivity contribution in [3.63, 3.8) is 0 Å². The molecule has 2 fully saturated rings. The van der Waals surface area contributed by atoms with E-state index in [4.69, 9.17) is 0 Å². The molecule has 3 rings (SSSR count). The summed E-state index contributed by atoms with van der Waals surface area (Å²) < 4.78 is 0. The molecule has 1 amide bonds. The molecule has 21 heavy (non-hydrogen) atoms. The van der Waals surface area contributed by atoms with Crippen LogP contribution in [0.15, 0.2) is 24.3 Å². The van der Waals surface area contributed by atoms with Gasteiger partial charge in [-0.3, -0.25) is 14.9 Å². The number of amides is 1. The molecule has 4 atom stereocenters. The van der Waals surface area contributed by atoms with Crippen molar-refractivity contribution >= 4 is 11.6 Å². The number of non-ortho nitro benzene ring substituents is 1. The molecule has 2 saturated carbocycles. The molecule has 2 bridgehead atoms. The van der Waals surface area contributed by atoms with Crippen molar-refractivity contribution in [1.29, 1.82) is 0 Å². The van der Waals surface area contributed by atoms with Crippen LogP contribution in [-0.2, 0) is 0 Å². The minimum absolute atomic E-state index is 0.00713. The van der Waals surface area contributed by atoms with Gasteiger partial charge in [-0.1, -0.05) is 6.42 Å². The highest BCUT2D eigenvalue weighted by molar-refractivity contribution is 5.94. The van der Waals surface area contributed by atoms with E-state index in [1.807, 2.05) is 0 Å². The maximum absolute atomic E-state index is 12.2. The lowest BCUT2D eigenvalue weighted by atomic mass is 9.84. The van der Waals surface area contributed by atoms with Crippen LogP contribution >= 0.6 is 0 Å². The first-order valence-corrected chi connectivity index (χ1v) is 7.60. The zero-order valence-corrected chi connectivity index (χ0v) is 12.1. The molecule has 0 aromatic heterocycles. The highest BCUT2D eigenvalue weighted by atomic mass is 16.6. The summed E-state index contributed by atoms with van der Waals surface area (Å²) in [5, 5.41) is 13.7. The molecule has 5 heteroatoms. The highest BCUT2D eigenvalue weighted by Gasteiger charge is 2.42. The van der Waals surface area contributed by atoms with Crippen LogP contribution < -0.4 is 5.32 Å². The normalized spacial score (nSPS) is 28.3. The second-order valence-electron chi connectivity index (χ2n) is 6.40. The number of hydrogen-bond acceptors (Lipinski definition) is 3. The smallest absolute Gasteiger partial charge is 0.269 e. The van der Waals surface area contributed by atoms with E-state index in [1.165, 1.54) is 49.9 Å². The minimum atomic E-state index is -0.459. The third kappa shape index (κ3) is 2.77. The molecule has 112 valence electrons. The van der Waals surface area contributed by atoms with Crippen LogP contribution in [0.1, 0.15) is 43.0 Å². The molecule has 2 aliphatic rings. The van der Waals surface area contributed by atoms with Gasteiger partial charge in [0.2, 0.25) is 0 Å². The van der Waals surface area contributed by atoms with Gasteiger partial charge in [0, 0.05) is 23.7 Å². The number of fused-ring (bicyclic) bond motifs is 2. The Hall–Kier alpha value is -1.91. The van der Waals surface area contributed by atoms with Crippen LogP contribution in [0.4, 0.5) is 5.69 Å². The largest absolute Gasteiger partial charge is 0.349 e. The van der Waals surface area contributed by atoms with Crippen LogP contribution in [0.25, 0.3) is 0 Å². The fraction of sp³-hybridized carbons (Fsp3) is 0.562. The van der Waals surface area contributed by atoms with Gasteiger partial charge in [-0.05, 0) is 56.1 Å². The number of hydrogen-bond donors (Lipinski definition) is 1. The summed E-state index contributed by atoms with van der Waals surface area (Å²) in [5.74, 6) is 2.08. The van der Waals surface area contributed by atoms with Crippen molar-refractivity contribution in [2.24, 2.45) is 17.8 Å². The number of nitrogens with one attached hydrogen (secondary N) is 1. The van der Waals surface area contributed by atoms with Crippen molar-refractivity contribution in [1.82, 2.24) is 5.32 Å². The van der Waals surface area contributed by atoms with Gasteiger partial charge in [-0.15, -0.1) is 0 Å². The summed E-state index contributed by atoms with van der Waals surface area (Å²) >= 11 is 0. The Morgan fingerprint density at radius 2 is 2.00 bits per heavy atom. The molecule has 0 unspecified atom stereocenters. The third-order valence-electron chi connectivity index (χ3n) is 5.13. The molecule has 1 aromatic rings. The standard InChI is InChI=1S/C16H20N2O3/c1-10(15-9-11-2-3-13(15)8-11)17-16(19)12-4-6-14(7-5-12)18(20)21/h4-7,10-11,13,15H,2-3,8-9H2,1H3,(H,17,19)/t10-,11-,13-,15-/m1/s1. The Balaban J connectivity index is 1.61. The average molecular weight is 288 g/mol. The van der Waals surface area contributed by atoms with Crippen LogP contribution in [0.2, 0.25) is 0 Å². The third-order valence-corrected chi connectivity index (χ3v) is 5.13. The number of nitro benzene ring substituents is 1. The molecule has 2 aliphatic carbocycles. The zero-order chi connectivity index (χ0) is 15.0. The van der Waals surface area contributed by atoms with Crippen molar-refractivity contribution < 1.29 is 9.72 Å². The predicted octanol–water partition coefficient (Wildman–Crippen LogP) is 3.15. The Kier molecular flexibility index (Phi) is 3.66. The number of nitro groups is 1. The van der Waals surface area contributed by atoms with E-state index in [2.05, 4.69) is 12.2 Å². The summed E-state index contributed by atoms with van der Waals surface area (Å²) in [6.45, 7) is 2.08. The Labute approximate surface area is 123 Å². The Morgan fingerprint density at radius 1 is 1.29 bits per heavy atom. The second kappa shape index (κ2) is 5.47. The maximum Gasteiger partial charge on any atom is 0.269 e. The first kappa shape index (κ1) is 14.0.